The molecule has 1 atom stereocenters. The van der Waals surface area contributed by atoms with Crippen molar-refractivity contribution in [2.75, 3.05) is 17.7 Å². The van der Waals surface area contributed by atoms with Gasteiger partial charge in [-0.2, -0.15) is 0 Å². The smallest absolute Gasteiger partial charge is 0.255 e. The first-order valence-electron chi connectivity index (χ1n) is 12.5. The number of carbonyl (C=O) groups excluding carboxylic acids is 2. The zero-order valence-electron chi connectivity index (χ0n) is 21.5. The Hall–Kier alpha value is -4.56. The van der Waals surface area contributed by atoms with Gasteiger partial charge in [-0.25, -0.2) is 4.98 Å². The minimum absolute atomic E-state index is 0.0928. The number of amides is 2. The van der Waals surface area contributed by atoms with Crippen LogP contribution in [-0.2, 0) is 4.79 Å². The highest BCUT2D eigenvalue weighted by atomic mass is 32.2. The largest absolute Gasteiger partial charge is 0.497 e. The Morgan fingerprint density at radius 2 is 1.67 bits per heavy atom. The van der Waals surface area contributed by atoms with Crippen molar-refractivity contribution in [2.24, 2.45) is 0 Å². The molecule has 0 aliphatic carbocycles. The van der Waals surface area contributed by atoms with E-state index in [0.29, 0.717) is 35.0 Å². The summed E-state index contributed by atoms with van der Waals surface area (Å²) < 4.78 is 11.0. The lowest BCUT2D eigenvalue weighted by molar-refractivity contribution is -0.115. The molecule has 0 spiro atoms. The highest BCUT2D eigenvalue weighted by molar-refractivity contribution is 8.00. The van der Waals surface area contributed by atoms with Gasteiger partial charge in [-0.05, 0) is 85.3 Å². The Kier molecular flexibility index (Phi) is 7.94. The second-order valence-corrected chi connectivity index (χ2v) is 10.1. The number of fused-ring (bicyclic) bond motifs is 1. The van der Waals surface area contributed by atoms with Crippen molar-refractivity contribution in [1.29, 1.82) is 0 Å². The van der Waals surface area contributed by atoms with Gasteiger partial charge in [0.05, 0.1) is 12.4 Å². The van der Waals surface area contributed by atoms with Gasteiger partial charge in [0.15, 0.2) is 5.58 Å². The van der Waals surface area contributed by atoms with Gasteiger partial charge < -0.3 is 19.8 Å². The minimum Gasteiger partial charge on any atom is -0.497 e. The van der Waals surface area contributed by atoms with Crippen LogP contribution in [-0.4, -0.2) is 29.2 Å². The van der Waals surface area contributed by atoms with E-state index in [9.17, 15) is 9.59 Å². The average molecular weight is 538 g/mol. The molecular weight excluding hydrogens is 510 g/mol. The van der Waals surface area contributed by atoms with Gasteiger partial charge in [-0.15, -0.1) is 11.8 Å². The summed E-state index contributed by atoms with van der Waals surface area (Å²) in [5.41, 5.74) is 4.25. The monoisotopic (exact) mass is 537 g/mol. The molecule has 0 radical (unpaired) electrons. The molecule has 0 bridgehead atoms. The number of carbonyl (C=O) groups is 2. The van der Waals surface area contributed by atoms with E-state index in [0.717, 1.165) is 21.6 Å². The van der Waals surface area contributed by atoms with E-state index in [4.69, 9.17) is 9.15 Å². The topological polar surface area (TPSA) is 93.5 Å². The third-order valence-electron chi connectivity index (χ3n) is 6.08. The van der Waals surface area contributed by atoms with Crippen LogP contribution in [0, 0.1) is 0 Å². The van der Waals surface area contributed by atoms with Gasteiger partial charge in [-0.3, -0.25) is 9.59 Å². The standard InChI is InChI=1S/C31H27N3O4S/c1-3-28(39-25-8-6-7-23(19-25)33-29(35)20-13-17-24(37-2)18-14-20)30(36)32-22-15-11-21(12-16-22)31-34-26-9-4-5-10-27(26)38-31/h4-19,28H,3H2,1-2H3,(H,32,36)(H,33,35). The number of aromatic nitrogens is 1. The molecule has 7 nitrogen and oxygen atoms in total. The fourth-order valence-corrected chi connectivity index (χ4v) is 5.01. The normalized spacial score (nSPS) is 11.6. The van der Waals surface area contributed by atoms with Crippen LogP contribution >= 0.6 is 11.8 Å². The Labute approximate surface area is 230 Å². The molecule has 0 fully saturated rings. The predicted molar refractivity (Wildman–Crippen MR) is 155 cm³/mol. The lowest BCUT2D eigenvalue weighted by atomic mass is 10.2. The van der Waals surface area contributed by atoms with Crippen LogP contribution in [0.15, 0.2) is 106 Å². The molecule has 39 heavy (non-hydrogen) atoms. The molecule has 2 amide bonds. The first-order valence-corrected chi connectivity index (χ1v) is 13.4. The second kappa shape index (κ2) is 11.9. The highest BCUT2D eigenvalue weighted by Crippen LogP contribution is 2.30. The maximum Gasteiger partial charge on any atom is 0.255 e. The number of hydrogen-bond acceptors (Lipinski definition) is 6. The van der Waals surface area contributed by atoms with Gasteiger partial charge in [0, 0.05) is 27.4 Å². The molecular formula is C31H27N3O4S. The predicted octanol–water partition coefficient (Wildman–Crippen LogP) is 7.27. The maximum absolute atomic E-state index is 13.1. The molecule has 0 saturated heterocycles. The van der Waals surface area contributed by atoms with Crippen molar-refractivity contribution in [3.05, 3.63) is 103 Å². The molecule has 1 unspecified atom stereocenters. The van der Waals surface area contributed by atoms with E-state index in [1.165, 1.54) is 11.8 Å². The van der Waals surface area contributed by atoms with Crippen LogP contribution in [0.4, 0.5) is 11.4 Å². The molecule has 0 aliphatic rings. The lowest BCUT2D eigenvalue weighted by Crippen LogP contribution is -2.24. The molecule has 4 aromatic carbocycles. The summed E-state index contributed by atoms with van der Waals surface area (Å²) in [7, 11) is 1.58. The van der Waals surface area contributed by atoms with Crippen molar-refractivity contribution in [3.8, 4) is 17.2 Å². The summed E-state index contributed by atoms with van der Waals surface area (Å²) in [5.74, 6) is 0.915. The lowest BCUT2D eigenvalue weighted by Gasteiger charge is -2.15. The molecule has 0 aliphatic heterocycles. The van der Waals surface area contributed by atoms with E-state index < -0.39 is 0 Å². The molecule has 2 N–H and O–H groups in total. The maximum atomic E-state index is 13.1. The number of methoxy groups -OCH3 is 1. The van der Waals surface area contributed by atoms with Crippen molar-refractivity contribution >= 4 is 46.1 Å². The van der Waals surface area contributed by atoms with Crippen LogP contribution in [0.2, 0.25) is 0 Å². The number of nitrogens with one attached hydrogen (secondary N) is 2. The van der Waals surface area contributed by atoms with Crippen molar-refractivity contribution in [3.63, 3.8) is 0 Å². The summed E-state index contributed by atoms with van der Waals surface area (Å²) in [4.78, 5) is 31.1. The zero-order chi connectivity index (χ0) is 27.2. The van der Waals surface area contributed by atoms with Crippen LogP contribution in [0.25, 0.3) is 22.6 Å². The summed E-state index contributed by atoms with van der Waals surface area (Å²) in [6.45, 7) is 1.98. The highest BCUT2D eigenvalue weighted by Gasteiger charge is 2.19. The molecule has 1 heterocycles. The van der Waals surface area contributed by atoms with Crippen LogP contribution < -0.4 is 15.4 Å². The number of nitrogens with zero attached hydrogens (tertiary/aromatic N) is 1. The van der Waals surface area contributed by atoms with Gasteiger partial charge in [-0.1, -0.05) is 25.1 Å². The number of thioether (sulfide) groups is 1. The van der Waals surface area contributed by atoms with Crippen molar-refractivity contribution < 1.29 is 18.7 Å². The van der Waals surface area contributed by atoms with Gasteiger partial charge in [0.1, 0.15) is 11.3 Å². The fraction of sp³-hybridized carbons (Fsp3) is 0.129. The Balaban J connectivity index is 1.21. The third-order valence-corrected chi connectivity index (χ3v) is 7.44. The summed E-state index contributed by atoms with van der Waals surface area (Å²) in [5, 5.41) is 5.61. The molecule has 8 heteroatoms. The van der Waals surface area contributed by atoms with E-state index >= 15 is 0 Å². The van der Waals surface area contributed by atoms with E-state index in [1.807, 2.05) is 79.7 Å². The minimum atomic E-state index is -0.311. The number of ether oxygens (including phenoxy) is 1. The van der Waals surface area contributed by atoms with Crippen LogP contribution in [0.3, 0.4) is 0 Å². The van der Waals surface area contributed by atoms with Crippen LogP contribution in [0.5, 0.6) is 5.75 Å². The Morgan fingerprint density at radius 1 is 0.897 bits per heavy atom. The van der Waals surface area contributed by atoms with E-state index in [2.05, 4.69) is 15.6 Å². The molecule has 196 valence electrons. The number of hydrogen-bond donors (Lipinski definition) is 2. The second-order valence-electron chi connectivity index (χ2n) is 8.78. The summed E-state index contributed by atoms with van der Waals surface area (Å²) in [6, 6.07) is 29.5. The first-order chi connectivity index (χ1) is 19.0. The summed E-state index contributed by atoms with van der Waals surface area (Å²) in [6.07, 6.45) is 0.639. The number of oxazole rings is 1. The number of benzene rings is 4. The quantitative estimate of drug-likeness (QED) is 0.192. The molecule has 5 aromatic rings. The first kappa shape index (κ1) is 26.1. The zero-order valence-corrected chi connectivity index (χ0v) is 22.3. The Morgan fingerprint density at radius 3 is 2.38 bits per heavy atom. The van der Waals surface area contributed by atoms with Gasteiger partial charge in [0.25, 0.3) is 5.91 Å². The Bertz CT molecular complexity index is 1560. The number of anilines is 2. The molecule has 0 saturated carbocycles. The third kappa shape index (κ3) is 6.30. The van der Waals surface area contributed by atoms with Crippen molar-refractivity contribution in [2.45, 2.75) is 23.5 Å². The number of para-hydroxylation sites is 2. The fourth-order valence-electron chi connectivity index (χ4n) is 3.99. The summed E-state index contributed by atoms with van der Waals surface area (Å²) >= 11 is 1.46. The van der Waals surface area contributed by atoms with Crippen LogP contribution in [0.1, 0.15) is 23.7 Å². The van der Waals surface area contributed by atoms with Gasteiger partial charge >= 0.3 is 0 Å². The molecule has 1 aromatic heterocycles. The van der Waals surface area contributed by atoms with Crippen molar-refractivity contribution in [1.82, 2.24) is 4.98 Å². The van der Waals surface area contributed by atoms with E-state index in [1.54, 1.807) is 31.4 Å². The number of rotatable bonds is 9. The van der Waals surface area contributed by atoms with Gasteiger partial charge in [0.2, 0.25) is 11.8 Å². The SMILES string of the molecule is CCC(Sc1cccc(NC(=O)c2ccc(OC)cc2)c1)C(=O)Nc1ccc(-c2nc3ccccc3o2)cc1. The molecule has 5 rings (SSSR count). The van der Waals surface area contributed by atoms with E-state index in [-0.39, 0.29) is 17.1 Å². The average Bonchev–Trinajstić information content (AvgIpc) is 3.41.